The maximum atomic E-state index is 14.3. The summed E-state index contributed by atoms with van der Waals surface area (Å²) in [7, 11) is 0. The Balaban J connectivity index is 1.78. The molecule has 1 aliphatic heterocycles. The Morgan fingerprint density at radius 1 is 1.19 bits per heavy atom. The lowest BCUT2D eigenvalue weighted by atomic mass is 9.83. The average molecular weight is 378 g/mol. The average Bonchev–Trinajstić information content (AvgIpc) is 2.90. The van der Waals surface area contributed by atoms with Gasteiger partial charge in [-0.05, 0) is 42.3 Å². The molecule has 0 radical (unpaired) electrons. The molecule has 2 atom stereocenters. The van der Waals surface area contributed by atoms with Crippen molar-refractivity contribution in [3.63, 3.8) is 0 Å². The Morgan fingerprint density at radius 3 is 2.42 bits per heavy atom. The zero-order chi connectivity index (χ0) is 18.8. The van der Waals surface area contributed by atoms with Crippen molar-refractivity contribution in [2.75, 3.05) is 6.54 Å². The molecule has 2 aromatic rings. The fourth-order valence-electron chi connectivity index (χ4n) is 3.42. The van der Waals surface area contributed by atoms with Crippen molar-refractivity contribution in [2.45, 2.75) is 25.7 Å². The third-order valence-corrected chi connectivity index (χ3v) is 4.93. The van der Waals surface area contributed by atoms with Crippen LogP contribution in [0.4, 0.5) is 8.78 Å². The number of carbonyl (C=O) groups excluding carboxylic acids is 2. The van der Waals surface area contributed by atoms with Crippen molar-refractivity contribution in [3.8, 4) is 0 Å². The molecule has 1 N–H and O–H groups in total. The third kappa shape index (κ3) is 3.93. The minimum absolute atomic E-state index is 0.0636. The van der Waals surface area contributed by atoms with Gasteiger partial charge >= 0.3 is 0 Å². The predicted molar refractivity (Wildman–Crippen MR) is 95.1 cm³/mol. The molecule has 2 aromatic carbocycles. The van der Waals surface area contributed by atoms with Gasteiger partial charge in [-0.15, -0.1) is 0 Å². The van der Waals surface area contributed by atoms with E-state index in [1.807, 2.05) is 0 Å². The van der Waals surface area contributed by atoms with Gasteiger partial charge in [-0.2, -0.15) is 0 Å². The molecule has 0 aromatic heterocycles. The molecule has 0 saturated carbocycles. The van der Waals surface area contributed by atoms with Gasteiger partial charge in [0.15, 0.2) is 0 Å². The number of aryl methyl sites for hydroxylation is 1. The quantitative estimate of drug-likeness (QED) is 0.857. The number of halogens is 3. The molecule has 1 fully saturated rings. The van der Waals surface area contributed by atoms with Crippen molar-refractivity contribution >= 4 is 23.3 Å². The monoisotopic (exact) mass is 377 g/mol. The molecule has 136 valence electrons. The molecule has 1 heterocycles. The summed E-state index contributed by atoms with van der Waals surface area (Å²) in [6, 6.07) is 9.34. The summed E-state index contributed by atoms with van der Waals surface area (Å²) in [6.07, 6.45) is 0.0818. The molecule has 1 amide bonds. The van der Waals surface area contributed by atoms with Crippen LogP contribution in [-0.2, 0) is 16.0 Å². The van der Waals surface area contributed by atoms with Gasteiger partial charge in [0, 0.05) is 35.9 Å². The minimum Gasteiger partial charge on any atom is -0.355 e. The molecular weight excluding hydrogens is 360 g/mol. The van der Waals surface area contributed by atoms with Gasteiger partial charge < -0.3 is 5.32 Å². The molecule has 0 aliphatic carbocycles. The second kappa shape index (κ2) is 7.54. The Hall–Kier alpha value is -2.27. The topological polar surface area (TPSA) is 46.2 Å². The van der Waals surface area contributed by atoms with E-state index in [1.165, 1.54) is 12.1 Å². The van der Waals surface area contributed by atoms with Gasteiger partial charge in [-0.3, -0.25) is 9.59 Å². The summed E-state index contributed by atoms with van der Waals surface area (Å²) in [6.45, 7) is 1.72. The first-order valence-electron chi connectivity index (χ1n) is 8.34. The fourth-order valence-corrected chi connectivity index (χ4v) is 3.54. The maximum Gasteiger partial charge on any atom is 0.224 e. The van der Waals surface area contributed by atoms with Crippen LogP contribution in [-0.4, -0.2) is 18.2 Å². The highest BCUT2D eigenvalue weighted by Gasteiger charge is 2.39. The fraction of sp³-hybridized carbons (Fsp3) is 0.300. The molecule has 0 unspecified atom stereocenters. The molecule has 26 heavy (non-hydrogen) atoms. The van der Waals surface area contributed by atoms with Crippen LogP contribution in [0, 0.1) is 24.5 Å². The largest absolute Gasteiger partial charge is 0.355 e. The smallest absolute Gasteiger partial charge is 0.224 e. The van der Waals surface area contributed by atoms with E-state index in [0.29, 0.717) is 10.6 Å². The van der Waals surface area contributed by atoms with Crippen LogP contribution >= 0.6 is 11.6 Å². The van der Waals surface area contributed by atoms with E-state index in [1.54, 1.807) is 31.2 Å². The highest BCUT2D eigenvalue weighted by atomic mass is 35.5. The van der Waals surface area contributed by atoms with Crippen LogP contribution < -0.4 is 5.32 Å². The van der Waals surface area contributed by atoms with E-state index >= 15 is 0 Å². The first-order chi connectivity index (χ1) is 12.3. The molecule has 0 bridgehead atoms. The first kappa shape index (κ1) is 18.5. The summed E-state index contributed by atoms with van der Waals surface area (Å²) in [4.78, 5) is 24.6. The first-order valence-corrected chi connectivity index (χ1v) is 8.72. The maximum absolute atomic E-state index is 14.3. The highest BCUT2D eigenvalue weighted by Crippen LogP contribution is 2.35. The standard InChI is InChI=1S/C20H18ClF2NO2/c1-11-6-17(22)19(18(23)7-11)16-10-24-20(26)15(16)9-14(25)8-12-2-4-13(21)5-3-12/h2-7,15-16H,8-10H2,1H3,(H,24,26)/t15-,16+/m0/s1. The molecule has 3 rings (SSSR count). The Labute approximate surface area is 155 Å². The molecule has 1 aliphatic rings. The number of nitrogens with one attached hydrogen (secondary N) is 1. The van der Waals surface area contributed by atoms with E-state index in [0.717, 1.165) is 5.56 Å². The SMILES string of the molecule is Cc1cc(F)c([C@@H]2CNC(=O)[C@H]2CC(=O)Cc2ccc(Cl)cc2)c(F)c1. The minimum atomic E-state index is -0.776. The van der Waals surface area contributed by atoms with Crippen LogP contribution in [0.15, 0.2) is 36.4 Å². The number of ketones is 1. The van der Waals surface area contributed by atoms with Crippen LogP contribution in [0.5, 0.6) is 0 Å². The number of amides is 1. The summed E-state index contributed by atoms with van der Waals surface area (Å²) in [5.41, 5.74) is 1.12. The second-order valence-electron chi connectivity index (χ2n) is 6.65. The summed E-state index contributed by atoms with van der Waals surface area (Å²) >= 11 is 5.82. The highest BCUT2D eigenvalue weighted by molar-refractivity contribution is 6.30. The summed E-state index contributed by atoms with van der Waals surface area (Å²) in [5.74, 6) is -3.34. The normalized spacial score (nSPS) is 19.5. The van der Waals surface area contributed by atoms with Crippen molar-refractivity contribution in [1.82, 2.24) is 5.32 Å². The Morgan fingerprint density at radius 2 is 1.81 bits per heavy atom. The lowest BCUT2D eigenvalue weighted by molar-refractivity contribution is -0.127. The third-order valence-electron chi connectivity index (χ3n) is 4.67. The lowest BCUT2D eigenvalue weighted by Crippen LogP contribution is -2.23. The van der Waals surface area contributed by atoms with Gasteiger partial charge in [0.1, 0.15) is 17.4 Å². The van der Waals surface area contributed by atoms with E-state index in [4.69, 9.17) is 11.6 Å². The molecule has 0 spiro atoms. The van der Waals surface area contributed by atoms with Crippen LogP contribution in [0.1, 0.15) is 29.0 Å². The number of rotatable bonds is 5. The summed E-state index contributed by atoms with van der Waals surface area (Å²) in [5, 5.41) is 3.19. The molecule has 6 heteroatoms. The van der Waals surface area contributed by atoms with E-state index in [9.17, 15) is 18.4 Å². The molecule has 1 saturated heterocycles. The van der Waals surface area contributed by atoms with Gasteiger partial charge in [0.25, 0.3) is 0 Å². The second-order valence-corrected chi connectivity index (χ2v) is 7.08. The van der Waals surface area contributed by atoms with Crippen molar-refractivity contribution in [2.24, 2.45) is 5.92 Å². The molecular formula is C20H18ClF2NO2. The number of carbonyl (C=O) groups is 2. The summed E-state index contributed by atoms with van der Waals surface area (Å²) < 4.78 is 28.6. The number of hydrogen-bond acceptors (Lipinski definition) is 2. The van der Waals surface area contributed by atoms with Crippen molar-refractivity contribution in [3.05, 3.63) is 69.7 Å². The Bertz CT molecular complexity index is 828. The number of benzene rings is 2. The zero-order valence-corrected chi connectivity index (χ0v) is 14.9. The zero-order valence-electron chi connectivity index (χ0n) is 14.2. The Kier molecular flexibility index (Phi) is 5.37. The van der Waals surface area contributed by atoms with Gasteiger partial charge in [-0.25, -0.2) is 8.78 Å². The molecule has 3 nitrogen and oxygen atoms in total. The lowest BCUT2D eigenvalue weighted by Gasteiger charge is -2.18. The van der Waals surface area contributed by atoms with Crippen LogP contribution in [0.3, 0.4) is 0 Å². The van der Waals surface area contributed by atoms with Crippen molar-refractivity contribution in [1.29, 1.82) is 0 Å². The van der Waals surface area contributed by atoms with E-state index < -0.39 is 23.5 Å². The van der Waals surface area contributed by atoms with Gasteiger partial charge in [0.05, 0.1) is 5.92 Å². The van der Waals surface area contributed by atoms with Crippen LogP contribution in [0.25, 0.3) is 0 Å². The van der Waals surface area contributed by atoms with Crippen molar-refractivity contribution < 1.29 is 18.4 Å². The van der Waals surface area contributed by atoms with E-state index in [-0.39, 0.29) is 36.6 Å². The van der Waals surface area contributed by atoms with Crippen LogP contribution in [0.2, 0.25) is 5.02 Å². The van der Waals surface area contributed by atoms with Gasteiger partial charge in [-0.1, -0.05) is 23.7 Å². The number of hydrogen-bond donors (Lipinski definition) is 1. The van der Waals surface area contributed by atoms with E-state index in [2.05, 4.69) is 5.32 Å². The van der Waals surface area contributed by atoms with Gasteiger partial charge in [0.2, 0.25) is 5.91 Å². The predicted octanol–water partition coefficient (Wildman–Crippen LogP) is 3.96. The number of Topliss-reactive ketones (excluding diaryl/α,β-unsaturated/α-hetero) is 1.